The SMILES string of the molecule is CC(C)(C)NC(=S)NC(CO)CO. The molecule has 0 saturated heterocycles. The van der Waals surface area contributed by atoms with Crippen LogP contribution in [0.2, 0.25) is 0 Å². The summed E-state index contributed by atoms with van der Waals surface area (Å²) >= 11 is 4.97. The second-order valence-corrected chi connectivity index (χ2v) is 4.32. The predicted octanol–water partition coefficient (Wildman–Crippen LogP) is -0.398. The van der Waals surface area contributed by atoms with Crippen molar-refractivity contribution in [2.24, 2.45) is 0 Å². The van der Waals surface area contributed by atoms with E-state index in [1.165, 1.54) is 0 Å². The first-order chi connectivity index (χ1) is 5.89. The Morgan fingerprint density at radius 3 is 2.08 bits per heavy atom. The van der Waals surface area contributed by atoms with Crippen LogP contribution < -0.4 is 10.6 Å². The Bertz CT molecular complexity index is 164. The van der Waals surface area contributed by atoms with Crippen LogP contribution in [0, 0.1) is 0 Å². The third-order valence-corrected chi connectivity index (χ3v) is 1.48. The molecule has 78 valence electrons. The minimum absolute atomic E-state index is 0.112. The fourth-order valence-corrected chi connectivity index (χ4v) is 1.18. The molecule has 0 bridgehead atoms. The van der Waals surface area contributed by atoms with Crippen molar-refractivity contribution in [1.29, 1.82) is 0 Å². The van der Waals surface area contributed by atoms with Gasteiger partial charge < -0.3 is 20.8 Å². The Balaban J connectivity index is 3.86. The number of thiocarbonyl (C=S) groups is 1. The second kappa shape index (κ2) is 5.36. The van der Waals surface area contributed by atoms with Gasteiger partial charge in [0.05, 0.1) is 19.3 Å². The first-order valence-corrected chi connectivity index (χ1v) is 4.60. The molecule has 0 fully saturated rings. The highest BCUT2D eigenvalue weighted by Crippen LogP contribution is 1.97. The molecule has 0 spiro atoms. The van der Waals surface area contributed by atoms with Gasteiger partial charge in [-0.2, -0.15) is 0 Å². The molecule has 0 aromatic rings. The molecule has 0 rings (SSSR count). The third-order valence-electron chi connectivity index (χ3n) is 1.26. The maximum Gasteiger partial charge on any atom is 0.167 e. The first-order valence-electron chi connectivity index (χ1n) is 4.19. The fourth-order valence-electron chi connectivity index (χ4n) is 0.711. The monoisotopic (exact) mass is 206 g/mol. The van der Waals surface area contributed by atoms with E-state index < -0.39 is 0 Å². The summed E-state index contributed by atoms with van der Waals surface area (Å²) in [6, 6.07) is -0.387. The van der Waals surface area contributed by atoms with Crippen LogP contribution >= 0.6 is 12.2 Å². The van der Waals surface area contributed by atoms with Gasteiger partial charge in [-0.05, 0) is 33.0 Å². The molecule has 0 aromatic heterocycles. The molecule has 4 nitrogen and oxygen atoms in total. The van der Waals surface area contributed by atoms with Gasteiger partial charge in [0, 0.05) is 5.54 Å². The summed E-state index contributed by atoms with van der Waals surface area (Å²) < 4.78 is 0. The van der Waals surface area contributed by atoms with Gasteiger partial charge in [0.25, 0.3) is 0 Å². The molecule has 0 atom stereocenters. The first kappa shape index (κ1) is 12.6. The average Bonchev–Trinajstić information content (AvgIpc) is 1.96. The maximum absolute atomic E-state index is 8.76. The summed E-state index contributed by atoms with van der Waals surface area (Å²) in [6.45, 7) is 5.67. The highest BCUT2D eigenvalue weighted by molar-refractivity contribution is 7.80. The van der Waals surface area contributed by atoms with E-state index in [0.29, 0.717) is 5.11 Å². The zero-order chi connectivity index (χ0) is 10.5. The minimum Gasteiger partial charge on any atom is -0.394 e. The molecule has 0 radical (unpaired) electrons. The van der Waals surface area contributed by atoms with Crippen LogP contribution in [0.1, 0.15) is 20.8 Å². The van der Waals surface area contributed by atoms with Crippen molar-refractivity contribution in [3.05, 3.63) is 0 Å². The lowest BCUT2D eigenvalue weighted by Crippen LogP contribution is -2.51. The van der Waals surface area contributed by atoms with E-state index in [4.69, 9.17) is 22.4 Å². The van der Waals surface area contributed by atoms with Crippen LogP contribution in [-0.4, -0.2) is 40.1 Å². The number of nitrogens with one attached hydrogen (secondary N) is 2. The van der Waals surface area contributed by atoms with E-state index in [0.717, 1.165) is 0 Å². The molecule has 0 amide bonds. The summed E-state index contributed by atoms with van der Waals surface area (Å²) in [4.78, 5) is 0. The lowest BCUT2D eigenvalue weighted by Gasteiger charge is -2.25. The van der Waals surface area contributed by atoms with Gasteiger partial charge in [-0.15, -0.1) is 0 Å². The number of hydrogen-bond donors (Lipinski definition) is 4. The van der Waals surface area contributed by atoms with Crippen LogP contribution in [0.4, 0.5) is 0 Å². The van der Waals surface area contributed by atoms with Crippen molar-refractivity contribution in [3.8, 4) is 0 Å². The smallest absolute Gasteiger partial charge is 0.167 e. The van der Waals surface area contributed by atoms with Crippen molar-refractivity contribution in [3.63, 3.8) is 0 Å². The highest BCUT2D eigenvalue weighted by Gasteiger charge is 2.13. The molecule has 0 aromatic carbocycles. The molecule has 0 aliphatic rings. The summed E-state index contributed by atoms with van der Waals surface area (Å²) in [5.74, 6) is 0. The molecule has 0 saturated carbocycles. The van der Waals surface area contributed by atoms with E-state index in [9.17, 15) is 0 Å². The van der Waals surface area contributed by atoms with Crippen LogP contribution in [-0.2, 0) is 0 Å². The molecule has 0 unspecified atom stereocenters. The van der Waals surface area contributed by atoms with E-state index in [1.54, 1.807) is 0 Å². The molecular weight excluding hydrogens is 188 g/mol. The quantitative estimate of drug-likeness (QED) is 0.473. The zero-order valence-corrected chi connectivity index (χ0v) is 9.11. The molecule has 0 aliphatic heterocycles. The van der Waals surface area contributed by atoms with Crippen molar-refractivity contribution in [2.75, 3.05) is 13.2 Å². The van der Waals surface area contributed by atoms with E-state index in [2.05, 4.69) is 10.6 Å². The van der Waals surface area contributed by atoms with Gasteiger partial charge in [0.1, 0.15) is 0 Å². The fraction of sp³-hybridized carbons (Fsp3) is 0.875. The van der Waals surface area contributed by atoms with Gasteiger partial charge in [0.2, 0.25) is 0 Å². The van der Waals surface area contributed by atoms with Gasteiger partial charge >= 0.3 is 0 Å². The van der Waals surface area contributed by atoms with Gasteiger partial charge in [-0.3, -0.25) is 0 Å². The third kappa shape index (κ3) is 6.74. The van der Waals surface area contributed by atoms with E-state index in [1.807, 2.05) is 20.8 Å². The normalized spacial score (nSPS) is 11.5. The molecule has 4 N–H and O–H groups in total. The van der Waals surface area contributed by atoms with Crippen LogP contribution in [0.3, 0.4) is 0 Å². The summed E-state index contributed by atoms with van der Waals surface area (Å²) in [5.41, 5.74) is -0.112. The van der Waals surface area contributed by atoms with E-state index in [-0.39, 0.29) is 24.8 Å². The standard InChI is InChI=1S/C8H18N2O2S/c1-8(2,3)10-7(13)9-6(4-11)5-12/h6,11-12H,4-5H2,1-3H3,(H2,9,10,13). The van der Waals surface area contributed by atoms with E-state index >= 15 is 0 Å². The van der Waals surface area contributed by atoms with Crippen molar-refractivity contribution in [1.82, 2.24) is 10.6 Å². The number of aliphatic hydroxyl groups is 2. The van der Waals surface area contributed by atoms with Crippen LogP contribution in [0.25, 0.3) is 0 Å². The Kier molecular flexibility index (Phi) is 5.20. The zero-order valence-electron chi connectivity index (χ0n) is 8.29. The molecular formula is C8H18N2O2S. The number of aliphatic hydroxyl groups excluding tert-OH is 2. The Morgan fingerprint density at radius 1 is 1.31 bits per heavy atom. The van der Waals surface area contributed by atoms with Crippen LogP contribution in [0.15, 0.2) is 0 Å². The van der Waals surface area contributed by atoms with Crippen molar-refractivity contribution in [2.45, 2.75) is 32.4 Å². The maximum atomic E-state index is 8.76. The lowest BCUT2D eigenvalue weighted by atomic mass is 10.1. The topological polar surface area (TPSA) is 64.5 Å². The predicted molar refractivity (Wildman–Crippen MR) is 56.6 cm³/mol. The molecule has 0 aliphatic carbocycles. The Hall–Kier alpha value is -0.390. The largest absolute Gasteiger partial charge is 0.394 e. The minimum atomic E-state index is -0.387. The highest BCUT2D eigenvalue weighted by atomic mass is 32.1. The number of rotatable bonds is 3. The Morgan fingerprint density at radius 2 is 1.77 bits per heavy atom. The lowest BCUT2D eigenvalue weighted by molar-refractivity contribution is 0.182. The van der Waals surface area contributed by atoms with Crippen molar-refractivity contribution < 1.29 is 10.2 Å². The second-order valence-electron chi connectivity index (χ2n) is 3.91. The molecule has 0 heterocycles. The average molecular weight is 206 g/mol. The molecule has 5 heteroatoms. The van der Waals surface area contributed by atoms with Gasteiger partial charge in [-0.25, -0.2) is 0 Å². The summed E-state index contributed by atoms with van der Waals surface area (Å²) in [5, 5.41) is 23.8. The van der Waals surface area contributed by atoms with Crippen molar-refractivity contribution >= 4 is 17.3 Å². The Labute approximate surface area is 84.3 Å². The summed E-state index contributed by atoms with van der Waals surface area (Å²) in [6.07, 6.45) is 0. The van der Waals surface area contributed by atoms with Gasteiger partial charge in [0.15, 0.2) is 5.11 Å². The number of hydrogen-bond acceptors (Lipinski definition) is 3. The van der Waals surface area contributed by atoms with Gasteiger partial charge in [-0.1, -0.05) is 0 Å². The molecule has 13 heavy (non-hydrogen) atoms. The summed E-state index contributed by atoms with van der Waals surface area (Å²) in [7, 11) is 0. The van der Waals surface area contributed by atoms with Crippen LogP contribution in [0.5, 0.6) is 0 Å².